The van der Waals surface area contributed by atoms with Crippen molar-refractivity contribution >= 4 is 13.7 Å². The van der Waals surface area contributed by atoms with Crippen molar-refractivity contribution in [3.8, 4) is 0 Å². The first kappa shape index (κ1) is 81.2. The van der Waals surface area contributed by atoms with Gasteiger partial charge in [-0.3, -0.25) is 13.8 Å². The monoisotopic (exact) mass is 1180 g/mol. The van der Waals surface area contributed by atoms with Crippen molar-refractivity contribution in [2.75, 3.05) is 40.9 Å². The van der Waals surface area contributed by atoms with E-state index in [4.69, 9.17) is 9.05 Å². The number of likely N-dealkylation sites (N-methyl/N-ethyl adjacent to an activating group) is 1. The van der Waals surface area contributed by atoms with E-state index < -0.39 is 20.0 Å². The van der Waals surface area contributed by atoms with Gasteiger partial charge in [0.15, 0.2) is 0 Å². The summed E-state index contributed by atoms with van der Waals surface area (Å²) in [6, 6.07) is -0.759. The van der Waals surface area contributed by atoms with Crippen molar-refractivity contribution in [3.05, 3.63) is 12.2 Å². The molecule has 0 aromatic heterocycles. The first-order valence-corrected chi connectivity index (χ1v) is 38.5. The van der Waals surface area contributed by atoms with E-state index in [1.807, 2.05) is 21.1 Å². The molecular formula is C73H148N2O6P+. The summed E-state index contributed by atoms with van der Waals surface area (Å²) in [6.07, 6.45) is 83.4. The van der Waals surface area contributed by atoms with Crippen LogP contribution in [0, 0.1) is 0 Å². The van der Waals surface area contributed by atoms with E-state index in [1.165, 1.54) is 334 Å². The number of carbonyl (C=O) groups excluding carboxylic acids is 1. The van der Waals surface area contributed by atoms with Gasteiger partial charge in [-0.25, -0.2) is 4.57 Å². The van der Waals surface area contributed by atoms with E-state index in [-0.39, 0.29) is 19.1 Å². The number of phosphoric ester groups is 1. The third-order valence-corrected chi connectivity index (χ3v) is 18.5. The molecule has 0 saturated carbocycles. The van der Waals surface area contributed by atoms with Gasteiger partial charge in [0.25, 0.3) is 0 Å². The topological polar surface area (TPSA) is 105 Å². The molecule has 0 saturated heterocycles. The Hall–Kier alpha value is -0.760. The van der Waals surface area contributed by atoms with Gasteiger partial charge in [-0.15, -0.1) is 0 Å². The maximum Gasteiger partial charge on any atom is 0.472 e. The van der Waals surface area contributed by atoms with Gasteiger partial charge in [-0.05, 0) is 38.5 Å². The standard InChI is InChI=1S/C73H147N2O6P/c1-6-8-10-12-14-16-18-20-22-24-26-28-30-32-33-34-35-36-37-38-39-40-41-43-45-47-49-51-53-55-57-59-61-63-65-67-73(77)74-71(70-81-82(78,79)80-69-68-75(3,4)5)72(76)66-64-62-60-58-56-54-52-50-48-46-44-42-31-29-27-25-23-21-19-17-15-13-11-9-7-2/h34-35,71-72,76H,6-33,36-70H2,1-5H3,(H-,74,77,78,79)/p+1/b35-34-. The number of carbonyl (C=O) groups is 1. The van der Waals surface area contributed by atoms with E-state index in [0.29, 0.717) is 23.9 Å². The number of unbranched alkanes of at least 4 members (excludes halogenated alkanes) is 55. The number of aliphatic hydroxyl groups is 1. The predicted octanol–water partition coefficient (Wildman–Crippen LogP) is 23.7. The number of amides is 1. The van der Waals surface area contributed by atoms with Crippen LogP contribution in [0.4, 0.5) is 0 Å². The molecule has 1 amide bonds. The third kappa shape index (κ3) is 66.8. The summed E-state index contributed by atoms with van der Waals surface area (Å²) in [7, 11) is 1.64. The number of aliphatic hydroxyl groups excluding tert-OH is 1. The first-order valence-electron chi connectivity index (χ1n) is 37.1. The molecule has 3 N–H and O–H groups in total. The Balaban J connectivity index is 3.94. The van der Waals surface area contributed by atoms with Gasteiger partial charge >= 0.3 is 7.82 Å². The van der Waals surface area contributed by atoms with Gasteiger partial charge in [-0.2, -0.15) is 0 Å². The molecule has 0 radical (unpaired) electrons. The highest BCUT2D eigenvalue weighted by molar-refractivity contribution is 7.47. The summed E-state index contributed by atoms with van der Waals surface area (Å²) in [4.78, 5) is 23.5. The second kappa shape index (κ2) is 64.7. The Morgan fingerprint density at radius 1 is 0.402 bits per heavy atom. The number of rotatable bonds is 70. The van der Waals surface area contributed by atoms with Crippen LogP contribution in [0.15, 0.2) is 12.2 Å². The van der Waals surface area contributed by atoms with Crippen molar-refractivity contribution in [1.82, 2.24) is 5.32 Å². The first-order chi connectivity index (χ1) is 40.0. The molecule has 0 spiro atoms. The van der Waals surface area contributed by atoms with Gasteiger partial charge in [0.05, 0.1) is 39.9 Å². The molecule has 82 heavy (non-hydrogen) atoms. The van der Waals surface area contributed by atoms with E-state index in [0.717, 1.165) is 38.5 Å². The van der Waals surface area contributed by atoms with E-state index in [2.05, 4.69) is 31.3 Å². The molecule has 0 aliphatic heterocycles. The Morgan fingerprint density at radius 3 is 0.939 bits per heavy atom. The number of quaternary nitrogens is 1. The zero-order chi connectivity index (χ0) is 59.8. The molecule has 0 heterocycles. The van der Waals surface area contributed by atoms with Gasteiger partial charge in [0.2, 0.25) is 5.91 Å². The Kier molecular flexibility index (Phi) is 64.1. The number of nitrogens with zero attached hydrogens (tertiary/aromatic N) is 1. The zero-order valence-electron chi connectivity index (χ0n) is 56.3. The third-order valence-electron chi connectivity index (χ3n) is 17.5. The Morgan fingerprint density at radius 2 is 0.659 bits per heavy atom. The highest BCUT2D eigenvalue weighted by atomic mass is 31.2. The number of hydrogen-bond acceptors (Lipinski definition) is 5. The van der Waals surface area contributed by atoms with Gasteiger partial charge in [0.1, 0.15) is 13.2 Å². The molecule has 0 aromatic carbocycles. The summed E-state index contributed by atoms with van der Waals surface area (Å²) in [5.41, 5.74) is 0. The minimum Gasteiger partial charge on any atom is -0.391 e. The van der Waals surface area contributed by atoms with Crippen molar-refractivity contribution in [2.45, 2.75) is 411 Å². The summed E-state index contributed by atoms with van der Waals surface area (Å²) >= 11 is 0. The normalized spacial score (nSPS) is 13.6. The van der Waals surface area contributed by atoms with Crippen LogP contribution in [0.1, 0.15) is 399 Å². The van der Waals surface area contributed by atoms with Crippen LogP contribution in [0.3, 0.4) is 0 Å². The van der Waals surface area contributed by atoms with Crippen LogP contribution >= 0.6 is 7.82 Å². The summed E-state index contributed by atoms with van der Waals surface area (Å²) in [5.74, 6) is -0.134. The number of allylic oxidation sites excluding steroid dienone is 2. The fourth-order valence-corrected chi connectivity index (χ4v) is 12.5. The van der Waals surface area contributed by atoms with Crippen LogP contribution in [-0.4, -0.2) is 73.4 Å². The molecule has 8 nitrogen and oxygen atoms in total. The lowest BCUT2D eigenvalue weighted by molar-refractivity contribution is -0.870. The number of hydrogen-bond donors (Lipinski definition) is 3. The minimum absolute atomic E-state index is 0.0783. The smallest absolute Gasteiger partial charge is 0.391 e. The number of phosphoric acid groups is 1. The molecule has 0 aliphatic carbocycles. The van der Waals surface area contributed by atoms with Crippen molar-refractivity contribution in [3.63, 3.8) is 0 Å². The van der Waals surface area contributed by atoms with Crippen molar-refractivity contribution in [1.29, 1.82) is 0 Å². The molecule has 0 aromatic rings. The molecule has 0 bridgehead atoms. The lowest BCUT2D eigenvalue weighted by Crippen LogP contribution is -2.46. The summed E-state index contributed by atoms with van der Waals surface area (Å²) < 4.78 is 23.9. The quantitative estimate of drug-likeness (QED) is 0.0243. The van der Waals surface area contributed by atoms with Crippen LogP contribution in [0.25, 0.3) is 0 Å². The minimum atomic E-state index is -4.33. The summed E-state index contributed by atoms with van der Waals surface area (Å²) in [5, 5.41) is 14.2. The molecule has 3 unspecified atom stereocenters. The second-order valence-corrected chi connectivity index (χ2v) is 28.5. The SMILES string of the molecule is CCCCCCCCCCCCCCCC/C=C\CCCCCCCCCCCCCCCCCCCC(=O)NC(COP(=O)(O)OCC[N+](C)(C)C)C(O)CCCCCCCCCCCCCCCCCCCCCCCCCCC. The van der Waals surface area contributed by atoms with Crippen LogP contribution in [0.2, 0.25) is 0 Å². The van der Waals surface area contributed by atoms with Gasteiger partial charge in [-0.1, -0.05) is 366 Å². The van der Waals surface area contributed by atoms with Gasteiger partial charge in [0, 0.05) is 6.42 Å². The Labute approximate surface area is 513 Å². The molecule has 490 valence electrons. The fraction of sp³-hybridized carbons (Fsp3) is 0.959. The molecule has 9 heteroatoms. The van der Waals surface area contributed by atoms with E-state index in [1.54, 1.807) is 0 Å². The predicted molar refractivity (Wildman–Crippen MR) is 360 cm³/mol. The summed E-state index contributed by atoms with van der Waals surface area (Å²) in [6.45, 7) is 4.96. The molecule has 0 fully saturated rings. The number of nitrogens with one attached hydrogen (secondary N) is 1. The van der Waals surface area contributed by atoms with E-state index in [9.17, 15) is 19.4 Å². The molecular weight excluding hydrogens is 1030 g/mol. The van der Waals surface area contributed by atoms with Gasteiger partial charge < -0.3 is 19.8 Å². The van der Waals surface area contributed by atoms with E-state index >= 15 is 0 Å². The fourth-order valence-electron chi connectivity index (χ4n) is 11.8. The molecule has 3 atom stereocenters. The Bertz CT molecular complexity index is 1340. The average Bonchev–Trinajstić information content (AvgIpc) is 3.45. The van der Waals surface area contributed by atoms with Crippen molar-refractivity contribution in [2.24, 2.45) is 0 Å². The van der Waals surface area contributed by atoms with Crippen molar-refractivity contribution < 1.29 is 32.9 Å². The lowest BCUT2D eigenvalue weighted by Gasteiger charge is -2.26. The largest absolute Gasteiger partial charge is 0.472 e. The molecule has 0 rings (SSSR count). The lowest BCUT2D eigenvalue weighted by atomic mass is 10.0. The highest BCUT2D eigenvalue weighted by Gasteiger charge is 2.28. The second-order valence-electron chi connectivity index (χ2n) is 27.0. The maximum atomic E-state index is 13.1. The average molecular weight is 1180 g/mol. The molecule has 0 aliphatic rings. The van der Waals surface area contributed by atoms with Crippen LogP contribution in [-0.2, 0) is 18.4 Å². The van der Waals surface area contributed by atoms with Crippen LogP contribution in [0.5, 0.6) is 0 Å². The highest BCUT2D eigenvalue weighted by Crippen LogP contribution is 2.43. The maximum absolute atomic E-state index is 13.1. The van der Waals surface area contributed by atoms with Crippen LogP contribution < -0.4 is 5.32 Å². The zero-order valence-corrected chi connectivity index (χ0v) is 57.2.